The van der Waals surface area contributed by atoms with Crippen LogP contribution in [-0.2, 0) is 10.2 Å². The number of nitrogens with zero attached hydrogens (tertiary/aromatic N) is 1. The molecule has 4 nitrogen and oxygen atoms in total. The molecule has 5 heteroatoms. The number of methoxy groups -OCH3 is 1. The highest BCUT2D eigenvalue weighted by molar-refractivity contribution is 9.10. The van der Waals surface area contributed by atoms with E-state index in [4.69, 9.17) is 4.74 Å². The van der Waals surface area contributed by atoms with Crippen molar-refractivity contribution in [1.82, 2.24) is 4.98 Å². The molecule has 0 aromatic carbocycles. The summed E-state index contributed by atoms with van der Waals surface area (Å²) in [6.45, 7) is 0. The summed E-state index contributed by atoms with van der Waals surface area (Å²) in [5.41, 5.74) is -0.0867. The topological polar surface area (TPSA) is 59.4 Å². The van der Waals surface area contributed by atoms with Crippen molar-refractivity contribution in [3.8, 4) is 5.75 Å². The van der Waals surface area contributed by atoms with Gasteiger partial charge in [0, 0.05) is 16.2 Å². The summed E-state index contributed by atoms with van der Waals surface area (Å²) >= 11 is 3.36. The number of halogens is 1. The summed E-state index contributed by atoms with van der Waals surface area (Å²) < 4.78 is 5.91. The zero-order valence-electron chi connectivity index (χ0n) is 8.86. The smallest absolute Gasteiger partial charge is 0.314 e. The van der Waals surface area contributed by atoms with Gasteiger partial charge in [0.05, 0.1) is 18.7 Å². The van der Waals surface area contributed by atoms with E-state index in [9.17, 15) is 9.90 Å². The van der Waals surface area contributed by atoms with E-state index in [1.165, 1.54) is 7.11 Å². The van der Waals surface area contributed by atoms with Gasteiger partial charge >= 0.3 is 5.97 Å². The van der Waals surface area contributed by atoms with Gasteiger partial charge in [0.25, 0.3) is 0 Å². The van der Waals surface area contributed by atoms with E-state index >= 15 is 0 Å². The van der Waals surface area contributed by atoms with E-state index in [1.807, 2.05) is 0 Å². The molecule has 1 aromatic rings. The van der Waals surface area contributed by atoms with Crippen LogP contribution >= 0.6 is 15.9 Å². The van der Waals surface area contributed by atoms with Gasteiger partial charge in [-0.25, -0.2) is 0 Å². The first-order valence-corrected chi connectivity index (χ1v) is 5.82. The minimum Gasteiger partial charge on any atom is -0.495 e. The van der Waals surface area contributed by atoms with Crippen molar-refractivity contribution in [3.05, 3.63) is 22.4 Å². The number of aliphatic carboxylic acids is 1. The van der Waals surface area contributed by atoms with Crippen LogP contribution in [0.15, 0.2) is 16.9 Å². The van der Waals surface area contributed by atoms with Crippen molar-refractivity contribution in [2.75, 3.05) is 7.11 Å². The molecule has 0 atom stereocenters. The molecule has 1 fully saturated rings. The van der Waals surface area contributed by atoms with Gasteiger partial charge < -0.3 is 9.84 Å². The Balaban J connectivity index is 2.57. The fourth-order valence-electron chi connectivity index (χ4n) is 2.14. The number of carboxylic acid groups (broad SMARTS) is 1. The second-order valence-electron chi connectivity index (χ2n) is 3.94. The molecule has 0 aliphatic heterocycles. The van der Waals surface area contributed by atoms with Crippen LogP contribution in [0, 0.1) is 0 Å². The van der Waals surface area contributed by atoms with Crippen molar-refractivity contribution in [3.63, 3.8) is 0 Å². The largest absolute Gasteiger partial charge is 0.495 e. The lowest BCUT2D eigenvalue weighted by Crippen LogP contribution is -2.42. The second-order valence-corrected chi connectivity index (χ2v) is 4.79. The Bertz CT molecular complexity index is 429. The highest BCUT2D eigenvalue weighted by Crippen LogP contribution is 2.49. The maximum Gasteiger partial charge on any atom is 0.314 e. The van der Waals surface area contributed by atoms with Crippen LogP contribution in [-0.4, -0.2) is 23.2 Å². The summed E-state index contributed by atoms with van der Waals surface area (Å²) in [6.07, 6.45) is 5.41. The van der Waals surface area contributed by atoms with Gasteiger partial charge in [0.2, 0.25) is 0 Å². The SMILES string of the molecule is COc1cncc(Br)c1C1(C(=O)O)CCC1. The number of ether oxygens (including phenoxy) is 1. The number of pyridine rings is 1. The predicted octanol–water partition coefficient (Wildman–Crippen LogP) is 2.36. The molecule has 0 unspecified atom stereocenters. The molecule has 1 aliphatic carbocycles. The molecule has 1 aromatic heterocycles. The zero-order valence-corrected chi connectivity index (χ0v) is 10.5. The van der Waals surface area contributed by atoms with Crippen LogP contribution in [0.4, 0.5) is 0 Å². The van der Waals surface area contributed by atoms with E-state index < -0.39 is 11.4 Å². The molecule has 0 saturated heterocycles. The first-order valence-electron chi connectivity index (χ1n) is 5.03. The molecule has 86 valence electrons. The van der Waals surface area contributed by atoms with Crippen LogP contribution in [0.2, 0.25) is 0 Å². The summed E-state index contributed by atoms with van der Waals surface area (Å²) in [5, 5.41) is 9.38. The lowest BCUT2D eigenvalue weighted by atomic mass is 9.64. The van der Waals surface area contributed by atoms with Gasteiger partial charge in [0.1, 0.15) is 5.75 Å². The number of carbonyl (C=O) groups is 1. The van der Waals surface area contributed by atoms with Crippen LogP contribution in [0.3, 0.4) is 0 Å². The molecule has 2 rings (SSSR count). The van der Waals surface area contributed by atoms with Crippen LogP contribution in [0.25, 0.3) is 0 Å². The molecule has 0 amide bonds. The zero-order chi connectivity index (χ0) is 11.8. The Morgan fingerprint density at radius 1 is 1.56 bits per heavy atom. The fourth-order valence-corrected chi connectivity index (χ4v) is 2.83. The van der Waals surface area contributed by atoms with Gasteiger partial charge in [-0.1, -0.05) is 6.42 Å². The first kappa shape index (κ1) is 11.4. The number of hydrogen-bond acceptors (Lipinski definition) is 3. The average Bonchev–Trinajstić information content (AvgIpc) is 2.18. The van der Waals surface area contributed by atoms with Crippen molar-refractivity contribution in [2.24, 2.45) is 0 Å². The molecule has 1 heterocycles. The maximum absolute atomic E-state index is 11.4. The third-order valence-electron chi connectivity index (χ3n) is 3.18. The van der Waals surface area contributed by atoms with Gasteiger partial charge in [-0.15, -0.1) is 0 Å². The van der Waals surface area contributed by atoms with E-state index in [2.05, 4.69) is 20.9 Å². The summed E-state index contributed by atoms with van der Waals surface area (Å²) in [4.78, 5) is 15.4. The third-order valence-corrected chi connectivity index (χ3v) is 3.78. The molecule has 0 radical (unpaired) electrons. The summed E-state index contributed by atoms with van der Waals surface area (Å²) in [6, 6.07) is 0. The molecule has 0 spiro atoms. The third kappa shape index (κ3) is 1.50. The quantitative estimate of drug-likeness (QED) is 0.926. The van der Waals surface area contributed by atoms with E-state index in [1.54, 1.807) is 12.4 Å². The summed E-state index contributed by atoms with van der Waals surface area (Å²) in [7, 11) is 1.53. The molecular formula is C11H12BrNO3. The highest BCUT2D eigenvalue weighted by atomic mass is 79.9. The Morgan fingerprint density at radius 2 is 2.25 bits per heavy atom. The number of carboxylic acids is 1. The minimum absolute atomic E-state index is 0.538. The Kier molecular flexibility index (Phi) is 2.88. The Hall–Kier alpha value is -1.10. The molecular weight excluding hydrogens is 274 g/mol. The minimum atomic E-state index is -0.798. The average molecular weight is 286 g/mol. The number of aromatic nitrogens is 1. The van der Waals surface area contributed by atoms with E-state index in [-0.39, 0.29) is 0 Å². The Morgan fingerprint density at radius 3 is 2.69 bits per heavy atom. The fraction of sp³-hybridized carbons (Fsp3) is 0.455. The van der Waals surface area contributed by atoms with Crippen molar-refractivity contribution >= 4 is 21.9 Å². The van der Waals surface area contributed by atoms with Crippen molar-refractivity contribution < 1.29 is 14.6 Å². The highest BCUT2D eigenvalue weighted by Gasteiger charge is 2.48. The van der Waals surface area contributed by atoms with Crippen molar-refractivity contribution in [1.29, 1.82) is 0 Å². The van der Waals surface area contributed by atoms with Crippen LogP contribution in [0.1, 0.15) is 24.8 Å². The number of hydrogen-bond donors (Lipinski definition) is 1. The molecule has 1 saturated carbocycles. The second kappa shape index (κ2) is 4.05. The monoisotopic (exact) mass is 285 g/mol. The number of rotatable bonds is 3. The van der Waals surface area contributed by atoms with Crippen LogP contribution < -0.4 is 4.74 Å². The Labute approximate surface area is 102 Å². The van der Waals surface area contributed by atoms with Crippen LogP contribution in [0.5, 0.6) is 5.75 Å². The predicted molar refractivity (Wildman–Crippen MR) is 61.7 cm³/mol. The standard InChI is InChI=1S/C11H12BrNO3/c1-16-8-6-13-5-7(12)9(8)11(10(14)15)3-2-4-11/h5-6H,2-4H2,1H3,(H,14,15). The lowest BCUT2D eigenvalue weighted by molar-refractivity contribution is -0.147. The molecule has 1 aliphatic rings. The maximum atomic E-state index is 11.4. The molecule has 1 N–H and O–H groups in total. The summed E-state index contributed by atoms with van der Waals surface area (Å²) in [5.74, 6) is -0.250. The van der Waals surface area contributed by atoms with Gasteiger partial charge in [-0.2, -0.15) is 0 Å². The van der Waals surface area contributed by atoms with Gasteiger partial charge in [-0.05, 0) is 28.8 Å². The lowest BCUT2D eigenvalue weighted by Gasteiger charge is -2.39. The van der Waals surface area contributed by atoms with Crippen molar-refractivity contribution in [2.45, 2.75) is 24.7 Å². The first-order chi connectivity index (χ1) is 7.62. The molecule has 16 heavy (non-hydrogen) atoms. The van der Waals surface area contributed by atoms with Gasteiger partial charge in [-0.3, -0.25) is 9.78 Å². The van der Waals surface area contributed by atoms with E-state index in [0.717, 1.165) is 6.42 Å². The van der Waals surface area contributed by atoms with E-state index in [0.29, 0.717) is 28.6 Å². The normalized spacial score (nSPS) is 17.6. The van der Waals surface area contributed by atoms with Gasteiger partial charge in [0.15, 0.2) is 0 Å². The molecule has 0 bridgehead atoms.